The van der Waals surface area contributed by atoms with E-state index in [0.717, 1.165) is 5.56 Å². The van der Waals surface area contributed by atoms with Gasteiger partial charge in [0, 0.05) is 20.6 Å². The van der Waals surface area contributed by atoms with Crippen molar-refractivity contribution in [2.24, 2.45) is 0 Å². The Hall–Kier alpha value is -2.87. The molecule has 1 N–H and O–H groups in total. The van der Waals surface area contributed by atoms with Crippen LogP contribution in [0.2, 0.25) is 5.02 Å². The van der Waals surface area contributed by atoms with E-state index in [1.807, 2.05) is 12.1 Å². The van der Waals surface area contributed by atoms with Gasteiger partial charge in [0.15, 0.2) is 22.9 Å². The summed E-state index contributed by atoms with van der Waals surface area (Å²) in [5.41, 5.74) is 0.0829. The van der Waals surface area contributed by atoms with Crippen LogP contribution in [0.4, 0.5) is 5.69 Å². The Morgan fingerprint density at radius 1 is 1.03 bits per heavy atom. The van der Waals surface area contributed by atoms with E-state index in [1.54, 1.807) is 42.5 Å². The summed E-state index contributed by atoms with van der Waals surface area (Å²) in [7, 11) is 2.98. The van der Waals surface area contributed by atoms with Crippen molar-refractivity contribution in [1.29, 1.82) is 0 Å². The SMILES string of the molecule is COc1ccc(C(=O)CC2(O)C(=O)N(Cc3ccc(Cl)cc3)c3ccc(Br)cc32)cc1OC. The van der Waals surface area contributed by atoms with Gasteiger partial charge in [0.2, 0.25) is 0 Å². The molecule has 0 bridgehead atoms. The summed E-state index contributed by atoms with van der Waals surface area (Å²) in [5.74, 6) is -0.0841. The molecule has 4 rings (SSSR count). The molecule has 3 aromatic rings. The smallest absolute Gasteiger partial charge is 0.264 e. The Morgan fingerprint density at radius 3 is 2.39 bits per heavy atom. The van der Waals surface area contributed by atoms with Gasteiger partial charge in [-0.3, -0.25) is 9.59 Å². The average Bonchev–Trinajstić information content (AvgIpc) is 3.01. The number of halogens is 2. The second-order valence-electron chi connectivity index (χ2n) is 7.71. The maximum Gasteiger partial charge on any atom is 0.264 e. The summed E-state index contributed by atoms with van der Waals surface area (Å²) >= 11 is 9.38. The molecule has 1 atom stereocenters. The number of hydrogen-bond acceptors (Lipinski definition) is 5. The monoisotopic (exact) mass is 529 g/mol. The van der Waals surface area contributed by atoms with Crippen LogP contribution in [0.3, 0.4) is 0 Å². The Labute approximate surface area is 204 Å². The third-order valence-corrected chi connectivity index (χ3v) is 6.42. The highest BCUT2D eigenvalue weighted by Crippen LogP contribution is 2.45. The molecule has 170 valence electrons. The molecule has 33 heavy (non-hydrogen) atoms. The number of rotatable bonds is 7. The summed E-state index contributed by atoms with van der Waals surface area (Å²) in [5, 5.41) is 12.2. The fourth-order valence-corrected chi connectivity index (χ4v) is 4.45. The number of aliphatic hydroxyl groups is 1. The molecule has 0 aliphatic carbocycles. The van der Waals surface area contributed by atoms with E-state index in [4.69, 9.17) is 21.1 Å². The van der Waals surface area contributed by atoms with Crippen molar-refractivity contribution < 1.29 is 24.2 Å². The Morgan fingerprint density at radius 2 is 1.73 bits per heavy atom. The van der Waals surface area contributed by atoms with E-state index in [0.29, 0.717) is 37.8 Å². The number of carbonyl (C=O) groups excluding carboxylic acids is 2. The zero-order chi connectivity index (χ0) is 23.8. The molecular weight excluding hydrogens is 510 g/mol. The van der Waals surface area contributed by atoms with E-state index in [-0.39, 0.29) is 6.54 Å². The average molecular weight is 531 g/mol. The van der Waals surface area contributed by atoms with Gasteiger partial charge in [0.05, 0.1) is 32.9 Å². The van der Waals surface area contributed by atoms with E-state index >= 15 is 0 Å². The molecule has 1 amide bonds. The number of hydrogen-bond donors (Lipinski definition) is 1. The molecule has 1 aliphatic rings. The topological polar surface area (TPSA) is 76.1 Å². The first-order chi connectivity index (χ1) is 15.8. The normalized spacial score (nSPS) is 17.1. The molecule has 0 spiro atoms. The molecule has 0 saturated heterocycles. The highest BCUT2D eigenvalue weighted by molar-refractivity contribution is 9.10. The zero-order valence-electron chi connectivity index (χ0n) is 18.0. The number of methoxy groups -OCH3 is 2. The number of ether oxygens (including phenoxy) is 2. The van der Waals surface area contributed by atoms with Crippen LogP contribution in [-0.2, 0) is 16.9 Å². The van der Waals surface area contributed by atoms with E-state index in [9.17, 15) is 14.7 Å². The molecule has 0 fully saturated rings. The lowest BCUT2D eigenvalue weighted by Crippen LogP contribution is -2.41. The van der Waals surface area contributed by atoms with E-state index in [2.05, 4.69) is 15.9 Å². The van der Waals surface area contributed by atoms with E-state index in [1.165, 1.54) is 25.2 Å². The maximum atomic E-state index is 13.5. The standard InChI is InChI=1S/C25H21BrClNO5/c1-32-22-10-5-16(11-23(22)33-2)21(29)13-25(31)19-12-17(26)6-9-20(19)28(24(25)30)14-15-3-7-18(27)8-4-15/h3-12,31H,13-14H2,1-2H3. The first-order valence-corrected chi connectivity index (χ1v) is 11.3. The van der Waals surface area contributed by atoms with Crippen molar-refractivity contribution >= 4 is 44.9 Å². The number of carbonyl (C=O) groups is 2. The molecule has 0 radical (unpaired) electrons. The van der Waals surface area contributed by atoms with Crippen molar-refractivity contribution in [3.05, 3.63) is 86.8 Å². The van der Waals surface area contributed by atoms with Gasteiger partial charge in [0.1, 0.15) is 0 Å². The van der Waals surface area contributed by atoms with Crippen LogP contribution in [-0.4, -0.2) is 31.0 Å². The number of Topliss-reactive ketones (excluding diaryl/α,β-unsaturated/α-hetero) is 1. The minimum atomic E-state index is -2.00. The van der Waals surface area contributed by atoms with Gasteiger partial charge in [-0.05, 0) is 54.1 Å². The van der Waals surface area contributed by atoms with Crippen molar-refractivity contribution in [3.8, 4) is 11.5 Å². The van der Waals surface area contributed by atoms with Gasteiger partial charge in [-0.15, -0.1) is 0 Å². The highest BCUT2D eigenvalue weighted by Gasteiger charge is 2.51. The summed E-state index contributed by atoms with van der Waals surface area (Å²) in [6.07, 6.45) is -0.415. The van der Waals surface area contributed by atoms with Crippen LogP contribution in [0.1, 0.15) is 27.9 Å². The fourth-order valence-electron chi connectivity index (χ4n) is 3.97. The summed E-state index contributed by atoms with van der Waals surface area (Å²) < 4.78 is 11.2. The molecule has 6 nitrogen and oxygen atoms in total. The number of fused-ring (bicyclic) bond motifs is 1. The Kier molecular flexibility index (Phi) is 6.47. The van der Waals surface area contributed by atoms with Crippen molar-refractivity contribution in [2.45, 2.75) is 18.6 Å². The molecule has 0 saturated carbocycles. The van der Waals surface area contributed by atoms with Crippen molar-refractivity contribution in [2.75, 3.05) is 19.1 Å². The number of anilines is 1. The molecule has 8 heteroatoms. The van der Waals surface area contributed by atoms with Crippen LogP contribution >= 0.6 is 27.5 Å². The quantitative estimate of drug-likeness (QED) is 0.429. The first-order valence-electron chi connectivity index (χ1n) is 10.1. The second-order valence-corrected chi connectivity index (χ2v) is 9.06. The molecule has 3 aromatic carbocycles. The number of benzene rings is 3. The van der Waals surface area contributed by atoms with Gasteiger partial charge in [0.25, 0.3) is 5.91 Å². The molecular formula is C25H21BrClNO5. The van der Waals surface area contributed by atoms with E-state index < -0.39 is 23.7 Å². The number of ketones is 1. The van der Waals surface area contributed by atoms with Crippen molar-refractivity contribution in [3.63, 3.8) is 0 Å². The fraction of sp³-hybridized carbons (Fsp3) is 0.200. The zero-order valence-corrected chi connectivity index (χ0v) is 20.3. The third kappa shape index (κ3) is 4.36. The summed E-state index contributed by atoms with van der Waals surface area (Å²) in [6.45, 7) is 0.234. The van der Waals surface area contributed by atoms with Crippen LogP contribution in [0, 0.1) is 0 Å². The van der Waals surface area contributed by atoms with Crippen LogP contribution in [0.25, 0.3) is 0 Å². The van der Waals surface area contributed by atoms with Gasteiger partial charge in [-0.25, -0.2) is 0 Å². The maximum absolute atomic E-state index is 13.5. The van der Waals surface area contributed by atoms with Crippen LogP contribution in [0.15, 0.2) is 65.1 Å². The number of nitrogens with zero attached hydrogens (tertiary/aromatic N) is 1. The molecule has 1 aliphatic heterocycles. The Balaban J connectivity index is 1.69. The summed E-state index contributed by atoms with van der Waals surface area (Å²) in [6, 6.07) is 17.1. The second kappa shape index (κ2) is 9.17. The first kappa shape index (κ1) is 23.3. The summed E-state index contributed by atoms with van der Waals surface area (Å²) in [4.78, 5) is 28.2. The largest absolute Gasteiger partial charge is 0.493 e. The number of amides is 1. The minimum Gasteiger partial charge on any atom is -0.493 e. The molecule has 1 heterocycles. The Bertz CT molecular complexity index is 1230. The van der Waals surface area contributed by atoms with Crippen LogP contribution in [0.5, 0.6) is 11.5 Å². The van der Waals surface area contributed by atoms with Crippen LogP contribution < -0.4 is 14.4 Å². The highest BCUT2D eigenvalue weighted by atomic mass is 79.9. The lowest BCUT2D eigenvalue weighted by molar-refractivity contribution is -0.136. The predicted octanol–water partition coefficient (Wildman–Crippen LogP) is 5.13. The lowest BCUT2D eigenvalue weighted by Gasteiger charge is -2.23. The minimum absolute atomic E-state index is 0.234. The van der Waals surface area contributed by atoms with Gasteiger partial charge < -0.3 is 19.5 Å². The lowest BCUT2D eigenvalue weighted by atomic mass is 9.88. The predicted molar refractivity (Wildman–Crippen MR) is 129 cm³/mol. The van der Waals surface area contributed by atoms with Gasteiger partial charge in [-0.1, -0.05) is 39.7 Å². The van der Waals surface area contributed by atoms with Gasteiger partial charge in [-0.2, -0.15) is 0 Å². The molecule has 0 aromatic heterocycles. The molecule has 1 unspecified atom stereocenters. The van der Waals surface area contributed by atoms with Gasteiger partial charge >= 0.3 is 0 Å². The third-order valence-electron chi connectivity index (χ3n) is 5.67. The van der Waals surface area contributed by atoms with Crippen molar-refractivity contribution in [1.82, 2.24) is 0 Å².